The Labute approximate surface area is 144 Å². The summed E-state index contributed by atoms with van der Waals surface area (Å²) in [4.78, 5) is 34.6. The van der Waals surface area contributed by atoms with E-state index in [4.69, 9.17) is 16.3 Å². The van der Waals surface area contributed by atoms with Crippen LogP contribution >= 0.6 is 11.6 Å². The summed E-state index contributed by atoms with van der Waals surface area (Å²) in [5, 5.41) is 4.37. The molecule has 0 atom stereocenters. The first kappa shape index (κ1) is 19.9. The van der Waals surface area contributed by atoms with E-state index in [0.717, 1.165) is 12.3 Å². The summed E-state index contributed by atoms with van der Waals surface area (Å²) in [5.74, 6) is -1.80. The molecule has 132 valence electrons. The summed E-state index contributed by atoms with van der Waals surface area (Å²) in [6.07, 6.45) is 1.68. The molecule has 0 radical (unpaired) electrons. The fourth-order valence-electron chi connectivity index (χ4n) is 1.55. The van der Waals surface area contributed by atoms with Crippen molar-refractivity contribution in [2.75, 3.05) is 19.4 Å². The van der Waals surface area contributed by atoms with Crippen molar-refractivity contribution in [2.45, 2.75) is 18.2 Å². The van der Waals surface area contributed by atoms with Crippen LogP contribution in [0.1, 0.15) is 23.7 Å². The summed E-state index contributed by atoms with van der Waals surface area (Å²) in [5.41, 5.74) is -0.192. The predicted octanol–water partition coefficient (Wildman–Crippen LogP) is 1.14. The lowest BCUT2D eigenvalue weighted by molar-refractivity contribution is -0.123. The van der Waals surface area contributed by atoms with Gasteiger partial charge in [0.1, 0.15) is 0 Å². The molecule has 1 aromatic rings. The number of halogens is 1. The van der Waals surface area contributed by atoms with Gasteiger partial charge in [0.25, 0.3) is 5.91 Å². The minimum Gasteiger partial charge on any atom is -0.452 e. The molecule has 24 heavy (non-hydrogen) atoms. The third-order valence-electron chi connectivity index (χ3n) is 2.71. The molecule has 0 bridgehead atoms. The number of rotatable bonds is 6. The van der Waals surface area contributed by atoms with Gasteiger partial charge in [-0.05, 0) is 24.6 Å². The Balaban J connectivity index is 2.69. The molecule has 0 heterocycles. The molecule has 3 amide bonds. The van der Waals surface area contributed by atoms with E-state index in [1.165, 1.54) is 12.1 Å². The maximum atomic E-state index is 11.9. The number of urea groups is 1. The maximum absolute atomic E-state index is 11.9. The summed E-state index contributed by atoms with van der Waals surface area (Å²) < 4.78 is 27.7. The van der Waals surface area contributed by atoms with Crippen LogP contribution in [0.4, 0.5) is 4.79 Å². The number of ether oxygens (including phenoxy) is 1. The van der Waals surface area contributed by atoms with E-state index in [9.17, 15) is 22.8 Å². The molecule has 1 aromatic carbocycles. The van der Waals surface area contributed by atoms with E-state index in [1.807, 2.05) is 12.2 Å². The van der Waals surface area contributed by atoms with Crippen molar-refractivity contribution in [2.24, 2.45) is 0 Å². The van der Waals surface area contributed by atoms with Crippen molar-refractivity contribution in [3.63, 3.8) is 0 Å². The number of esters is 1. The zero-order chi connectivity index (χ0) is 18.3. The van der Waals surface area contributed by atoms with Gasteiger partial charge in [-0.3, -0.25) is 10.1 Å². The lowest BCUT2D eigenvalue weighted by Gasteiger charge is -2.08. The fourth-order valence-corrected chi connectivity index (χ4v) is 2.39. The van der Waals surface area contributed by atoms with Crippen LogP contribution in [0.2, 0.25) is 5.02 Å². The topological polar surface area (TPSA) is 119 Å². The number of hydrogen-bond acceptors (Lipinski definition) is 6. The summed E-state index contributed by atoms with van der Waals surface area (Å²) >= 11 is 5.84. The Kier molecular flexibility index (Phi) is 7.18. The van der Waals surface area contributed by atoms with Crippen molar-refractivity contribution >= 4 is 39.3 Å². The molecule has 0 aliphatic heterocycles. The lowest BCUT2D eigenvalue weighted by atomic mass is 10.2. The van der Waals surface area contributed by atoms with Crippen molar-refractivity contribution in [3.8, 4) is 0 Å². The number of amides is 3. The number of nitrogens with one attached hydrogen (secondary N) is 2. The molecule has 1 rings (SSSR count). The molecule has 0 fully saturated rings. The molecule has 0 aliphatic carbocycles. The quantitative estimate of drug-likeness (QED) is 0.718. The number of sulfone groups is 1. The molecule has 0 aliphatic rings. The van der Waals surface area contributed by atoms with Crippen molar-refractivity contribution in [1.82, 2.24) is 10.6 Å². The van der Waals surface area contributed by atoms with E-state index in [1.54, 1.807) is 0 Å². The van der Waals surface area contributed by atoms with Crippen LogP contribution in [-0.4, -0.2) is 45.7 Å². The first-order valence-electron chi connectivity index (χ1n) is 6.89. The van der Waals surface area contributed by atoms with Crippen molar-refractivity contribution in [1.29, 1.82) is 0 Å². The van der Waals surface area contributed by atoms with Crippen LogP contribution in [0.5, 0.6) is 0 Å². The standard InChI is InChI=1S/C14H17ClN2O6S/c1-3-6-16-14(20)17-12(18)8-23-13(19)10-7-9(24(2,21)22)4-5-11(10)15/h4-5,7H,3,6,8H2,1-2H3,(H2,16,17,18,20). The van der Waals surface area contributed by atoms with Gasteiger partial charge in [-0.2, -0.15) is 0 Å². The number of hydrogen-bond donors (Lipinski definition) is 2. The first-order valence-corrected chi connectivity index (χ1v) is 9.16. The lowest BCUT2D eigenvalue weighted by Crippen LogP contribution is -2.41. The minimum absolute atomic E-state index is 0.0199. The minimum atomic E-state index is -3.53. The van der Waals surface area contributed by atoms with Crippen LogP contribution in [0.3, 0.4) is 0 Å². The first-order chi connectivity index (χ1) is 11.1. The second kappa shape index (κ2) is 8.65. The average molecular weight is 377 g/mol. The van der Waals surface area contributed by atoms with Gasteiger partial charge in [0.05, 0.1) is 15.5 Å². The van der Waals surface area contributed by atoms with Gasteiger partial charge in [-0.15, -0.1) is 0 Å². The Morgan fingerprint density at radius 1 is 1.25 bits per heavy atom. The largest absolute Gasteiger partial charge is 0.452 e. The van der Waals surface area contributed by atoms with E-state index in [2.05, 4.69) is 5.32 Å². The van der Waals surface area contributed by atoms with Crippen LogP contribution in [0, 0.1) is 0 Å². The van der Waals surface area contributed by atoms with Gasteiger partial charge in [-0.25, -0.2) is 18.0 Å². The Hall–Kier alpha value is -2.13. The molecular weight excluding hydrogens is 360 g/mol. The predicted molar refractivity (Wildman–Crippen MR) is 86.7 cm³/mol. The average Bonchev–Trinajstić information content (AvgIpc) is 2.49. The Bertz CT molecular complexity index is 748. The fraction of sp³-hybridized carbons (Fsp3) is 0.357. The highest BCUT2D eigenvalue weighted by Crippen LogP contribution is 2.21. The van der Waals surface area contributed by atoms with Gasteiger partial charge < -0.3 is 10.1 Å². The van der Waals surface area contributed by atoms with Crippen LogP contribution in [0.15, 0.2) is 23.1 Å². The van der Waals surface area contributed by atoms with Gasteiger partial charge in [0, 0.05) is 12.8 Å². The van der Waals surface area contributed by atoms with Crippen molar-refractivity contribution in [3.05, 3.63) is 28.8 Å². The van der Waals surface area contributed by atoms with E-state index >= 15 is 0 Å². The van der Waals surface area contributed by atoms with E-state index < -0.39 is 34.4 Å². The summed E-state index contributed by atoms with van der Waals surface area (Å²) in [6, 6.07) is 2.85. The molecule has 10 heteroatoms. The van der Waals surface area contributed by atoms with Gasteiger partial charge >= 0.3 is 12.0 Å². The van der Waals surface area contributed by atoms with Gasteiger partial charge in [0.2, 0.25) is 0 Å². The highest BCUT2D eigenvalue weighted by atomic mass is 35.5. The number of imide groups is 1. The molecule has 0 aromatic heterocycles. The van der Waals surface area contributed by atoms with Crippen LogP contribution in [-0.2, 0) is 19.4 Å². The highest BCUT2D eigenvalue weighted by molar-refractivity contribution is 7.90. The zero-order valence-corrected chi connectivity index (χ0v) is 14.7. The number of benzene rings is 1. The molecule has 0 saturated carbocycles. The van der Waals surface area contributed by atoms with Crippen LogP contribution in [0.25, 0.3) is 0 Å². The van der Waals surface area contributed by atoms with Crippen molar-refractivity contribution < 1.29 is 27.5 Å². The number of carbonyl (C=O) groups excluding carboxylic acids is 3. The normalized spacial score (nSPS) is 10.8. The third kappa shape index (κ3) is 6.17. The zero-order valence-electron chi connectivity index (χ0n) is 13.1. The van der Waals surface area contributed by atoms with Crippen LogP contribution < -0.4 is 10.6 Å². The second-order valence-corrected chi connectivity index (χ2v) is 7.22. The second-order valence-electron chi connectivity index (χ2n) is 4.79. The smallest absolute Gasteiger partial charge is 0.340 e. The molecule has 0 saturated heterocycles. The van der Waals surface area contributed by atoms with E-state index in [0.29, 0.717) is 13.0 Å². The number of carbonyl (C=O) groups is 3. The SMILES string of the molecule is CCCNC(=O)NC(=O)COC(=O)c1cc(S(C)(=O)=O)ccc1Cl. The summed E-state index contributed by atoms with van der Waals surface area (Å²) in [7, 11) is -3.53. The van der Waals surface area contributed by atoms with Gasteiger partial charge in [-0.1, -0.05) is 18.5 Å². The maximum Gasteiger partial charge on any atom is 0.340 e. The molecular formula is C14H17ClN2O6S. The molecule has 0 spiro atoms. The third-order valence-corrected chi connectivity index (χ3v) is 4.15. The summed E-state index contributed by atoms with van der Waals surface area (Å²) in [6.45, 7) is 1.53. The highest BCUT2D eigenvalue weighted by Gasteiger charge is 2.18. The van der Waals surface area contributed by atoms with Gasteiger partial charge in [0.15, 0.2) is 16.4 Å². The molecule has 8 nitrogen and oxygen atoms in total. The Morgan fingerprint density at radius 3 is 2.50 bits per heavy atom. The molecule has 0 unspecified atom stereocenters. The monoisotopic (exact) mass is 376 g/mol. The Morgan fingerprint density at radius 2 is 1.92 bits per heavy atom. The molecule has 2 N–H and O–H groups in total. The van der Waals surface area contributed by atoms with E-state index in [-0.39, 0.29) is 15.5 Å².